The Balaban J connectivity index is 1.76. The van der Waals surface area contributed by atoms with Gasteiger partial charge in [0.2, 0.25) is 0 Å². The van der Waals surface area contributed by atoms with E-state index in [9.17, 15) is 8.42 Å². The maximum absolute atomic E-state index is 12.9. The van der Waals surface area contributed by atoms with Crippen LogP contribution in [0.2, 0.25) is 0 Å². The highest BCUT2D eigenvalue weighted by Gasteiger charge is 2.49. The predicted octanol–water partition coefficient (Wildman–Crippen LogP) is 4.03. The number of amidine groups is 1. The van der Waals surface area contributed by atoms with Crippen LogP contribution in [0.25, 0.3) is 15.8 Å². The number of rotatable bonds is 3. The van der Waals surface area contributed by atoms with Crippen LogP contribution in [0.5, 0.6) is 0 Å². The minimum Gasteiger partial charge on any atom is -0.497 e. The standard InChI is InChI=1S/C22H27N3O3S2/c1-13-8-15(10-16(9-13)28-5)14-6-7-17-18(11-14)29-20(24-17)22(4)12-30(26,27)21(2,3)19(23)25-22/h6-7,9-11,13H,8,12H2,1-5H3,(H2,23,25)/t13?,22-/m0/s1. The van der Waals surface area contributed by atoms with E-state index in [1.54, 1.807) is 27.9 Å². The van der Waals surface area contributed by atoms with Crippen molar-refractivity contribution in [3.63, 3.8) is 0 Å². The molecule has 2 N–H and O–H groups in total. The van der Waals surface area contributed by atoms with Crippen LogP contribution >= 0.6 is 11.3 Å². The highest BCUT2D eigenvalue weighted by Crippen LogP contribution is 2.40. The largest absolute Gasteiger partial charge is 0.497 e. The van der Waals surface area contributed by atoms with E-state index in [4.69, 9.17) is 15.5 Å². The van der Waals surface area contributed by atoms with Gasteiger partial charge in [-0.1, -0.05) is 13.0 Å². The molecule has 1 aromatic carbocycles. The lowest BCUT2D eigenvalue weighted by Crippen LogP contribution is -2.54. The molecule has 0 bridgehead atoms. The first-order valence-corrected chi connectivity index (χ1v) is 12.4. The second-order valence-electron chi connectivity index (χ2n) is 8.87. The molecule has 2 aliphatic rings. The molecular formula is C22H27N3O3S2. The van der Waals surface area contributed by atoms with Crippen molar-refractivity contribution in [2.45, 2.75) is 44.4 Å². The van der Waals surface area contributed by atoms with Crippen LogP contribution in [0.15, 0.2) is 41.1 Å². The minimum absolute atomic E-state index is 0.106. The van der Waals surface area contributed by atoms with E-state index >= 15 is 0 Å². The van der Waals surface area contributed by atoms with E-state index in [2.05, 4.69) is 36.2 Å². The van der Waals surface area contributed by atoms with E-state index < -0.39 is 20.1 Å². The quantitative estimate of drug-likeness (QED) is 0.770. The van der Waals surface area contributed by atoms with Gasteiger partial charge >= 0.3 is 0 Å². The van der Waals surface area contributed by atoms with E-state index in [1.807, 2.05) is 6.07 Å². The van der Waals surface area contributed by atoms with Crippen molar-refractivity contribution in [1.29, 1.82) is 0 Å². The molecule has 1 aliphatic heterocycles. The Bertz CT molecular complexity index is 1220. The van der Waals surface area contributed by atoms with E-state index in [0.29, 0.717) is 10.9 Å². The molecule has 0 saturated carbocycles. The molecule has 8 heteroatoms. The molecule has 2 atom stereocenters. The van der Waals surface area contributed by atoms with E-state index in [1.165, 1.54) is 16.9 Å². The number of nitrogens with two attached hydrogens (primary N) is 1. The lowest BCUT2D eigenvalue weighted by molar-refractivity contribution is 0.301. The number of nitrogens with zero attached hydrogens (tertiary/aromatic N) is 2. The van der Waals surface area contributed by atoms with E-state index in [-0.39, 0.29) is 11.6 Å². The maximum atomic E-state index is 12.9. The van der Waals surface area contributed by atoms with Gasteiger partial charge in [-0.2, -0.15) is 0 Å². The second kappa shape index (κ2) is 6.92. The lowest BCUT2D eigenvalue weighted by atomic mass is 9.90. The van der Waals surface area contributed by atoms with Crippen LogP contribution in [-0.2, 0) is 20.1 Å². The average Bonchev–Trinajstić information content (AvgIpc) is 3.10. The summed E-state index contributed by atoms with van der Waals surface area (Å²) in [5, 5.41) is 0.667. The first-order valence-electron chi connectivity index (χ1n) is 9.91. The zero-order valence-electron chi connectivity index (χ0n) is 17.9. The monoisotopic (exact) mass is 445 g/mol. The van der Waals surface area contributed by atoms with Crippen molar-refractivity contribution in [2.75, 3.05) is 12.9 Å². The highest BCUT2D eigenvalue weighted by atomic mass is 32.2. The number of hydrogen-bond donors (Lipinski definition) is 1. The van der Waals surface area contributed by atoms with Crippen LogP contribution in [0, 0.1) is 5.92 Å². The third-order valence-corrected chi connectivity index (χ3v) is 9.97. The molecule has 0 radical (unpaired) electrons. The maximum Gasteiger partial charge on any atom is 0.165 e. The number of methoxy groups -OCH3 is 1. The van der Waals surface area contributed by atoms with Crippen molar-refractivity contribution < 1.29 is 13.2 Å². The molecule has 1 unspecified atom stereocenters. The Hall–Kier alpha value is -2.19. The average molecular weight is 446 g/mol. The summed E-state index contributed by atoms with van der Waals surface area (Å²) < 4.78 is 31.0. The summed E-state index contributed by atoms with van der Waals surface area (Å²) in [5.41, 5.74) is 8.28. The summed E-state index contributed by atoms with van der Waals surface area (Å²) in [5.74, 6) is 1.31. The fraction of sp³-hybridized carbons (Fsp3) is 0.455. The summed E-state index contributed by atoms with van der Waals surface area (Å²) in [7, 11) is -1.78. The fourth-order valence-electron chi connectivity index (χ4n) is 3.90. The van der Waals surface area contributed by atoms with Crippen LogP contribution < -0.4 is 5.73 Å². The van der Waals surface area contributed by atoms with Crippen LogP contribution in [0.4, 0.5) is 0 Å². The Kier molecular flexibility index (Phi) is 4.86. The summed E-state index contributed by atoms with van der Waals surface area (Å²) in [4.78, 5) is 9.32. The first kappa shape index (κ1) is 21.1. The number of hydrogen-bond acceptors (Lipinski definition) is 7. The topological polar surface area (TPSA) is 94.6 Å². The van der Waals surface area contributed by atoms with Gasteiger partial charge in [0.1, 0.15) is 26.9 Å². The number of aromatic nitrogens is 1. The number of ether oxygens (including phenoxy) is 1. The Labute approximate surface area is 181 Å². The van der Waals surface area contributed by atoms with Gasteiger partial charge in [0, 0.05) is 0 Å². The fourth-order valence-corrected chi connectivity index (χ4v) is 6.75. The molecule has 30 heavy (non-hydrogen) atoms. The summed E-state index contributed by atoms with van der Waals surface area (Å²) in [6, 6.07) is 6.16. The van der Waals surface area contributed by atoms with Crippen LogP contribution in [0.1, 0.15) is 44.7 Å². The molecule has 0 saturated heterocycles. The second-order valence-corrected chi connectivity index (χ2v) is 12.4. The normalized spacial score (nSPS) is 27.9. The van der Waals surface area contributed by atoms with Gasteiger partial charge < -0.3 is 10.5 Å². The van der Waals surface area contributed by atoms with Crippen molar-refractivity contribution in [3.05, 3.63) is 46.7 Å². The van der Waals surface area contributed by atoms with Crippen molar-refractivity contribution >= 4 is 42.8 Å². The van der Waals surface area contributed by atoms with Gasteiger partial charge in [0.25, 0.3) is 0 Å². The number of aliphatic imine (C=N–C) groups is 1. The number of thiazole rings is 1. The SMILES string of the molecule is COC1=CC(C)CC(c2ccc3nc([C@]4(C)CS(=O)(=O)C(C)(C)C(N)=N4)sc3c2)=C1. The number of sulfone groups is 1. The van der Waals surface area contributed by atoms with Gasteiger partial charge in [0.05, 0.1) is 23.1 Å². The molecule has 6 nitrogen and oxygen atoms in total. The van der Waals surface area contributed by atoms with Gasteiger partial charge in [-0.3, -0.25) is 4.99 Å². The molecule has 160 valence electrons. The molecule has 2 aromatic rings. The third-order valence-electron chi connectivity index (χ3n) is 6.00. The molecular weight excluding hydrogens is 418 g/mol. The first-order chi connectivity index (χ1) is 13.9. The predicted molar refractivity (Wildman–Crippen MR) is 123 cm³/mol. The molecule has 2 heterocycles. The van der Waals surface area contributed by atoms with Gasteiger partial charge in [-0.25, -0.2) is 13.4 Å². The Morgan fingerprint density at radius 2 is 2.00 bits per heavy atom. The minimum atomic E-state index is -3.46. The van der Waals surface area contributed by atoms with Gasteiger partial charge in [0.15, 0.2) is 9.84 Å². The molecule has 0 fully saturated rings. The zero-order valence-corrected chi connectivity index (χ0v) is 19.5. The van der Waals surface area contributed by atoms with Crippen LogP contribution in [-0.4, -0.2) is 36.8 Å². The molecule has 1 aromatic heterocycles. The molecule has 0 amide bonds. The molecule has 0 spiro atoms. The third kappa shape index (κ3) is 3.36. The molecule has 1 aliphatic carbocycles. The van der Waals surface area contributed by atoms with E-state index in [0.717, 1.165) is 28.0 Å². The number of allylic oxidation sites excluding steroid dienone is 3. The zero-order chi connectivity index (χ0) is 21.9. The van der Waals surface area contributed by atoms with Crippen LogP contribution in [0.3, 0.4) is 0 Å². The van der Waals surface area contributed by atoms with Crippen molar-refractivity contribution in [3.8, 4) is 0 Å². The number of benzene rings is 1. The number of fused-ring (bicyclic) bond motifs is 1. The van der Waals surface area contributed by atoms with Gasteiger partial charge in [-0.15, -0.1) is 11.3 Å². The highest BCUT2D eigenvalue weighted by molar-refractivity contribution is 7.93. The smallest absolute Gasteiger partial charge is 0.165 e. The Morgan fingerprint density at radius 3 is 2.67 bits per heavy atom. The Morgan fingerprint density at radius 1 is 1.27 bits per heavy atom. The van der Waals surface area contributed by atoms with Crippen molar-refractivity contribution in [2.24, 2.45) is 16.6 Å². The molecule has 4 rings (SSSR count). The summed E-state index contributed by atoms with van der Waals surface area (Å²) in [6.07, 6.45) is 5.14. The lowest BCUT2D eigenvalue weighted by Gasteiger charge is -2.36. The summed E-state index contributed by atoms with van der Waals surface area (Å²) in [6.45, 7) is 7.18. The summed E-state index contributed by atoms with van der Waals surface area (Å²) >= 11 is 1.48. The van der Waals surface area contributed by atoms with Crippen molar-refractivity contribution in [1.82, 2.24) is 4.98 Å². The van der Waals surface area contributed by atoms with Gasteiger partial charge in [-0.05, 0) is 68.5 Å².